The van der Waals surface area contributed by atoms with Gasteiger partial charge in [0.05, 0.1) is 5.92 Å². The summed E-state index contributed by atoms with van der Waals surface area (Å²) < 4.78 is 0. The van der Waals surface area contributed by atoms with Crippen molar-refractivity contribution in [2.24, 2.45) is 5.92 Å². The SMILES string of the molecule is C=C(C(=O)O)C(CCCC(=O)O)C(=O)O. The quantitative estimate of drug-likeness (QED) is 0.537. The Morgan fingerprint density at radius 2 is 1.67 bits per heavy atom. The molecule has 6 nitrogen and oxygen atoms in total. The summed E-state index contributed by atoms with van der Waals surface area (Å²) in [6.45, 7) is 3.15. The molecule has 1 atom stereocenters. The maximum atomic E-state index is 10.6. The van der Waals surface area contributed by atoms with Crippen LogP contribution >= 0.6 is 0 Å². The summed E-state index contributed by atoms with van der Waals surface area (Å²) in [6.07, 6.45) is -0.109. The van der Waals surface area contributed by atoms with E-state index in [2.05, 4.69) is 6.58 Å². The van der Waals surface area contributed by atoms with E-state index >= 15 is 0 Å². The Morgan fingerprint density at radius 1 is 1.13 bits per heavy atom. The van der Waals surface area contributed by atoms with Gasteiger partial charge in [-0.05, 0) is 12.8 Å². The Hall–Kier alpha value is -1.85. The predicted octanol–water partition coefficient (Wildman–Crippen LogP) is 0.583. The fourth-order valence-electron chi connectivity index (χ4n) is 1.05. The second-order valence-corrected chi connectivity index (χ2v) is 3.01. The van der Waals surface area contributed by atoms with Gasteiger partial charge in [0.1, 0.15) is 0 Å². The Morgan fingerprint density at radius 3 is 2.00 bits per heavy atom. The van der Waals surface area contributed by atoms with Crippen molar-refractivity contribution in [2.75, 3.05) is 0 Å². The molecule has 0 rings (SSSR count). The highest BCUT2D eigenvalue weighted by molar-refractivity contribution is 5.93. The Kier molecular flexibility index (Phi) is 5.08. The lowest BCUT2D eigenvalue weighted by Crippen LogP contribution is -2.20. The van der Waals surface area contributed by atoms with Gasteiger partial charge in [-0.3, -0.25) is 9.59 Å². The first-order valence-corrected chi connectivity index (χ1v) is 4.23. The second kappa shape index (κ2) is 5.79. The largest absolute Gasteiger partial charge is 0.481 e. The molecule has 0 bridgehead atoms. The van der Waals surface area contributed by atoms with E-state index < -0.39 is 29.4 Å². The van der Waals surface area contributed by atoms with Crippen molar-refractivity contribution in [1.82, 2.24) is 0 Å². The van der Waals surface area contributed by atoms with Crippen molar-refractivity contribution >= 4 is 17.9 Å². The summed E-state index contributed by atoms with van der Waals surface area (Å²) in [7, 11) is 0. The van der Waals surface area contributed by atoms with Crippen LogP contribution in [-0.4, -0.2) is 33.2 Å². The minimum atomic E-state index is -1.38. The minimum Gasteiger partial charge on any atom is -0.481 e. The van der Waals surface area contributed by atoms with Gasteiger partial charge in [0.15, 0.2) is 0 Å². The molecule has 0 heterocycles. The van der Waals surface area contributed by atoms with E-state index in [0.717, 1.165) is 0 Å². The highest BCUT2D eigenvalue weighted by Gasteiger charge is 2.25. The van der Waals surface area contributed by atoms with Crippen molar-refractivity contribution in [3.63, 3.8) is 0 Å². The van der Waals surface area contributed by atoms with Gasteiger partial charge >= 0.3 is 17.9 Å². The zero-order valence-electron chi connectivity index (χ0n) is 7.97. The number of hydrogen-bond acceptors (Lipinski definition) is 3. The summed E-state index contributed by atoms with van der Waals surface area (Å²) in [5, 5.41) is 25.5. The van der Waals surface area contributed by atoms with Gasteiger partial charge in [0.2, 0.25) is 0 Å². The fraction of sp³-hybridized carbons (Fsp3) is 0.444. The molecular weight excluding hydrogens is 204 g/mol. The number of hydrogen-bond donors (Lipinski definition) is 3. The monoisotopic (exact) mass is 216 g/mol. The molecule has 0 aromatic rings. The first kappa shape index (κ1) is 13.2. The van der Waals surface area contributed by atoms with Crippen LogP contribution in [-0.2, 0) is 14.4 Å². The lowest BCUT2D eigenvalue weighted by molar-refractivity contribution is -0.144. The highest BCUT2D eigenvalue weighted by atomic mass is 16.4. The Bertz CT molecular complexity index is 293. The molecule has 0 radical (unpaired) electrons. The van der Waals surface area contributed by atoms with Gasteiger partial charge in [-0.1, -0.05) is 6.58 Å². The average Bonchev–Trinajstić information content (AvgIpc) is 2.10. The van der Waals surface area contributed by atoms with Crippen molar-refractivity contribution in [3.8, 4) is 0 Å². The molecule has 0 aliphatic rings. The predicted molar refractivity (Wildman–Crippen MR) is 49.4 cm³/mol. The first-order valence-electron chi connectivity index (χ1n) is 4.23. The highest BCUT2D eigenvalue weighted by Crippen LogP contribution is 2.17. The van der Waals surface area contributed by atoms with Gasteiger partial charge in [0.25, 0.3) is 0 Å². The molecule has 0 saturated carbocycles. The zero-order valence-corrected chi connectivity index (χ0v) is 7.97. The second-order valence-electron chi connectivity index (χ2n) is 3.01. The normalized spacial score (nSPS) is 11.7. The van der Waals surface area contributed by atoms with Gasteiger partial charge in [-0.15, -0.1) is 0 Å². The lowest BCUT2D eigenvalue weighted by Gasteiger charge is -2.10. The van der Waals surface area contributed by atoms with Crippen LogP contribution < -0.4 is 0 Å². The summed E-state index contributed by atoms with van der Waals surface area (Å²) in [6, 6.07) is 0. The van der Waals surface area contributed by atoms with Crippen LogP contribution in [0.5, 0.6) is 0 Å². The number of carbonyl (C=O) groups is 3. The molecule has 6 heteroatoms. The topological polar surface area (TPSA) is 112 Å². The van der Waals surface area contributed by atoms with Crippen LogP contribution in [0.1, 0.15) is 19.3 Å². The third-order valence-corrected chi connectivity index (χ3v) is 1.88. The van der Waals surface area contributed by atoms with Crippen LogP contribution in [0.4, 0.5) is 0 Å². The van der Waals surface area contributed by atoms with E-state index in [9.17, 15) is 14.4 Å². The van der Waals surface area contributed by atoms with Crippen molar-refractivity contribution < 1.29 is 29.7 Å². The molecule has 0 aromatic heterocycles. The molecule has 0 amide bonds. The van der Waals surface area contributed by atoms with Gasteiger partial charge in [-0.25, -0.2) is 4.79 Å². The maximum absolute atomic E-state index is 10.6. The molecule has 3 N–H and O–H groups in total. The van der Waals surface area contributed by atoms with Crippen LogP contribution in [0.2, 0.25) is 0 Å². The van der Waals surface area contributed by atoms with E-state index in [1.807, 2.05) is 0 Å². The fourth-order valence-corrected chi connectivity index (χ4v) is 1.05. The summed E-state index contributed by atoms with van der Waals surface area (Å²) in [4.78, 5) is 31.3. The average molecular weight is 216 g/mol. The summed E-state index contributed by atoms with van der Waals surface area (Å²) in [5.41, 5.74) is -0.423. The van der Waals surface area contributed by atoms with Crippen LogP contribution in [0.25, 0.3) is 0 Å². The van der Waals surface area contributed by atoms with Crippen LogP contribution in [0.3, 0.4) is 0 Å². The van der Waals surface area contributed by atoms with E-state index in [0.29, 0.717) is 0 Å². The van der Waals surface area contributed by atoms with Gasteiger partial charge in [0, 0.05) is 12.0 Å². The van der Waals surface area contributed by atoms with Gasteiger partial charge < -0.3 is 15.3 Å². The number of carboxylic acids is 3. The van der Waals surface area contributed by atoms with E-state index in [1.165, 1.54) is 0 Å². The maximum Gasteiger partial charge on any atom is 0.331 e. The van der Waals surface area contributed by atoms with Gasteiger partial charge in [-0.2, -0.15) is 0 Å². The molecule has 0 fully saturated rings. The van der Waals surface area contributed by atoms with E-state index in [1.54, 1.807) is 0 Å². The van der Waals surface area contributed by atoms with Crippen LogP contribution in [0, 0.1) is 5.92 Å². The Balaban J connectivity index is 4.30. The molecule has 1 unspecified atom stereocenters. The summed E-state index contributed by atoms with van der Waals surface area (Å²) in [5.74, 6) is -4.94. The van der Waals surface area contributed by atoms with Crippen molar-refractivity contribution in [1.29, 1.82) is 0 Å². The standard InChI is InChI=1S/C9H12O6/c1-5(8(12)13)6(9(14)15)3-2-4-7(10)11/h6H,1-4H2,(H,10,11)(H,12,13)(H,14,15). The molecule has 84 valence electrons. The zero-order chi connectivity index (χ0) is 12.0. The number of aliphatic carboxylic acids is 3. The lowest BCUT2D eigenvalue weighted by atomic mass is 9.94. The van der Waals surface area contributed by atoms with Crippen LogP contribution in [0.15, 0.2) is 12.2 Å². The minimum absolute atomic E-state index is 0.0350. The molecule has 0 spiro atoms. The molecule has 0 aliphatic heterocycles. The molecule has 0 saturated heterocycles. The smallest absolute Gasteiger partial charge is 0.331 e. The number of rotatable bonds is 7. The van der Waals surface area contributed by atoms with E-state index in [4.69, 9.17) is 15.3 Å². The van der Waals surface area contributed by atoms with E-state index in [-0.39, 0.29) is 19.3 Å². The first-order chi connectivity index (χ1) is 6.86. The number of carboxylic acid groups (broad SMARTS) is 3. The molecular formula is C9H12O6. The molecule has 0 aromatic carbocycles. The third-order valence-electron chi connectivity index (χ3n) is 1.88. The summed E-state index contributed by atoms with van der Waals surface area (Å²) >= 11 is 0. The third kappa shape index (κ3) is 4.80. The molecule has 0 aliphatic carbocycles. The van der Waals surface area contributed by atoms with Crippen molar-refractivity contribution in [3.05, 3.63) is 12.2 Å². The van der Waals surface area contributed by atoms with Crippen molar-refractivity contribution in [2.45, 2.75) is 19.3 Å². The molecule has 15 heavy (non-hydrogen) atoms. The Labute approximate surface area is 85.8 Å².